The van der Waals surface area contributed by atoms with Crippen molar-refractivity contribution >= 4 is 23.2 Å². The predicted octanol–water partition coefficient (Wildman–Crippen LogP) is 1.99. The molecule has 5 heteroatoms. The SMILES string of the molecule is Cc1cc(Cl)cn2cc(C(=O)O)nc12. The molecule has 1 N–H and O–H groups in total. The number of nitrogens with zero attached hydrogens (tertiary/aromatic N) is 2. The van der Waals surface area contributed by atoms with Crippen molar-refractivity contribution in [1.82, 2.24) is 9.38 Å². The maximum Gasteiger partial charge on any atom is 0.356 e. The monoisotopic (exact) mass is 210 g/mol. The summed E-state index contributed by atoms with van der Waals surface area (Å²) in [4.78, 5) is 14.6. The maximum atomic E-state index is 10.7. The van der Waals surface area contributed by atoms with Crippen LogP contribution in [0.3, 0.4) is 0 Å². The highest BCUT2D eigenvalue weighted by atomic mass is 35.5. The zero-order chi connectivity index (χ0) is 10.3. The molecule has 0 aliphatic rings. The third-order valence-corrected chi connectivity index (χ3v) is 2.13. The van der Waals surface area contributed by atoms with E-state index in [2.05, 4.69) is 4.98 Å². The van der Waals surface area contributed by atoms with Crippen molar-refractivity contribution in [2.75, 3.05) is 0 Å². The first-order chi connectivity index (χ1) is 6.58. The van der Waals surface area contributed by atoms with E-state index in [9.17, 15) is 4.79 Å². The van der Waals surface area contributed by atoms with E-state index in [4.69, 9.17) is 16.7 Å². The molecule has 0 saturated carbocycles. The standard InChI is InChI=1S/C9H7ClN2O2/c1-5-2-6(10)3-12-4-7(9(13)14)11-8(5)12/h2-4H,1H3,(H,13,14). The Morgan fingerprint density at radius 2 is 2.29 bits per heavy atom. The molecule has 14 heavy (non-hydrogen) atoms. The van der Waals surface area contributed by atoms with Crippen molar-refractivity contribution < 1.29 is 9.90 Å². The molecule has 0 spiro atoms. The summed E-state index contributed by atoms with van der Waals surface area (Å²) in [5.41, 5.74) is 1.49. The van der Waals surface area contributed by atoms with Gasteiger partial charge in [0.1, 0.15) is 5.65 Å². The minimum absolute atomic E-state index is 0.0235. The van der Waals surface area contributed by atoms with Crippen LogP contribution in [0.2, 0.25) is 5.02 Å². The van der Waals surface area contributed by atoms with Crippen LogP contribution in [0.4, 0.5) is 0 Å². The molecule has 0 aliphatic heterocycles. The van der Waals surface area contributed by atoms with Gasteiger partial charge in [-0.05, 0) is 18.6 Å². The highest BCUT2D eigenvalue weighted by Gasteiger charge is 2.10. The van der Waals surface area contributed by atoms with Crippen molar-refractivity contribution in [3.63, 3.8) is 0 Å². The summed E-state index contributed by atoms with van der Waals surface area (Å²) in [6.07, 6.45) is 3.07. The van der Waals surface area contributed by atoms with E-state index in [-0.39, 0.29) is 5.69 Å². The molecule has 0 aromatic carbocycles. The minimum Gasteiger partial charge on any atom is -0.476 e. The fourth-order valence-corrected chi connectivity index (χ4v) is 1.60. The number of halogens is 1. The molecular weight excluding hydrogens is 204 g/mol. The molecule has 0 unspecified atom stereocenters. The second-order valence-corrected chi connectivity index (χ2v) is 3.44. The maximum absolute atomic E-state index is 10.7. The molecule has 0 atom stereocenters. The number of aromatic carboxylic acids is 1. The first-order valence-corrected chi connectivity index (χ1v) is 4.34. The number of aromatic nitrogens is 2. The van der Waals surface area contributed by atoms with Gasteiger partial charge in [0.2, 0.25) is 0 Å². The smallest absolute Gasteiger partial charge is 0.356 e. The van der Waals surface area contributed by atoms with Crippen LogP contribution in [-0.4, -0.2) is 20.5 Å². The second kappa shape index (κ2) is 2.99. The van der Waals surface area contributed by atoms with Gasteiger partial charge in [0.15, 0.2) is 5.69 Å². The largest absolute Gasteiger partial charge is 0.476 e. The number of hydrogen-bond donors (Lipinski definition) is 1. The number of aryl methyl sites for hydroxylation is 1. The molecule has 0 amide bonds. The van der Waals surface area contributed by atoms with Crippen LogP contribution in [-0.2, 0) is 0 Å². The fourth-order valence-electron chi connectivity index (χ4n) is 1.33. The Morgan fingerprint density at radius 1 is 1.57 bits per heavy atom. The molecule has 0 aliphatic carbocycles. The van der Waals surface area contributed by atoms with Crippen molar-refractivity contribution in [1.29, 1.82) is 0 Å². The number of carboxylic acid groups (broad SMARTS) is 1. The minimum atomic E-state index is -1.04. The van der Waals surface area contributed by atoms with Gasteiger partial charge in [0.25, 0.3) is 0 Å². The molecule has 2 aromatic rings. The molecule has 0 bridgehead atoms. The van der Waals surface area contributed by atoms with Crippen LogP contribution in [0.25, 0.3) is 5.65 Å². The zero-order valence-electron chi connectivity index (χ0n) is 7.36. The summed E-state index contributed by atoms with van der Waals surface area (Å²) >= 11 is 5.82. The van der Waals surface area contributed by atoms with Crippen LogP contribution >= 0.6 is 11.6 Å². The summed E-state index contributed by atoms with van der Waals surface area (Å²) in [7, 11) is 0. The molecular formula is C9H7ClN2O2. The highest BCUT2D eigenvalue weighted by Crippen LogP contribution is 2.16. The number of rotatable bonds is 1. The van der Waals surface area contributed by atoms with Crippen LogP contribution < -0.4 is 0 Å². The normalized spacial score (nSPS) is 10.7. The van der Waals surface area contributed by atoms with E-state index in [0.717, 1.165) is 5.56 Å². The van der Waals surface area contributed by atoms with E-state index >= 15 is 0 Å². The Hall–Kier alpha value is -1.55. The van der Waals surface area contributed by atoms with Crippen molar-refractivity contribution in [3.8, 4) is 0 Å². The number of carboxylic acids is 1. The van der Waals surface area contributed by atoms with Gasteiger partial charge >= 0.3 is 5.97 Å². The molecule has 0 fully saturated rings. The summed E-state index contributed by atoms with van der Waals surface area (Å²) in [6.45, 7) is 1.83. The van der Waals surface area contributed by atoms with Gasteiger partial charge in [-0.1, -0.05) is 11.6 Å². The number of pyridine rings is 1. The lowest BCUT2D eigenvalue weighted by molar-refractivity contribution is 0.0691. The Bertz CT molecular complexity index is 519. The summed E-state index contributed by atoms with van der Waals surface area (Å²) in [5, 5.41) is 9.30. The van der Waals surface area contributed by atoms with E-state index in [1.165, 1.54) is 6.20 Å². The molecule has 2 rings (SSSR count). The lowest BCUT2D eigenvalue weighted by Crippen LogP contribution is -1.95. The number of fused-ring (bicyclic) bond motifs is 1. The van der Waals surface area contributed by atoms with Crippen molar-refractivity contribution in [3.05, 3.63) is 34.7 Å². The second-order valence-electron chi connectivity index (χ2n) is 3.00. The summed E-state index contributed by atoms with van der Waals surface area (Å²) in [5.74, 6) is -1.04. The Labute approximate surface area is 84.8 Å². The predicted molar refractivity (Wildman–Crippen MR) is 51.9 cm³/mol. The Balaban J connectivity index is 2.76. The van der Waals surface area contributed by atoms with E-state index < -0.39 is 5.97 Å². The molecule has 0 saturated heterocycles. The van der Waals surface area contributed by atoms with Crippen LogP contribution in [0.15, 0.2) is 18.5 Å². The molecule has 2 heterocycles. The van der Waals surface area contributed by atoms with E-state index in [1.807, 2.05) is 6.92 Å². The fraction of sp³-hybridized carbons (Fsp3) is 0.111. The van der Waals surface area contributed by atoms with Gasteiger partial charge in [0, 0.05) is 12.4 Å². The third-order valence-electron chi connectivity index (χ3n) is 1.92. The highest BCUT2D eigenvalue weighted by molar-refractivity contribution is 6.30. The number of carbonyl (C=O) groups is 1. The number of imidazole rings is 1. The van der Waals surface area contributed by atoms with Crippen LogP contribution in [0.1, 0.15) is 16.1 Å². The van der Waals surface area contributed by atoms with Gasteiger partial charge in [-0.25, -0.2) is 9.78 Å². The zero-order valence-corrected chi connectivity index (χ0v) is 8.12. The third kappa shape index (κ3) is 1.33. The lowest BCUT2D eigenvalue weighted by atomic mass is 10.3. The quantitative estimate of drug-likeness (QED) is 0.783. The number of hydrogen-bond acceptors (Lipinski definition) is 2. The molecule has 72 valence electrons. The van der Waals surface area contributed by atoms with Gasteiger partial charge in [-0.15, -0.1) is 0 Å². The average molecular weight is 211 g/mol. The molecule has 2 aromatic heterocycles. The Kier molecular flexibility index (Phi) is 1.93. The van der Waals surface area contributed by atoms with E-state index in [0.29, 0.717) is 10.7 Å². The first-order valence-electron chi connectivity index (χ1n) is 3.96. The molecule has 0 radical (unpaired) electrons. The molecule has 4 nitrogen and oxygen atoms in total. The van der Waals surface area contributed by atoms with Gasteiger partial charge in [-0.2, -0.15) is 0 Å². The summed E-state index contributed by atoms with van der Waals surface area (Å²) < 4.78 is 1.61. The van der Waals surface area contributed by atoms with Gasteiger partial charge < -0.3 is 9.51 Å². The van der Waals surface area contributed by atoms with Crippen molar-refractivity contribution in [2.45, 2.75) is 6.92 Å². The van der Waals surface area contributed by atoms with Gasteiger partial charge in [-0.3, -0.25) is 0 Å². The lowest BCUT2D eigenvalue weighted by Gasteiger charge is -1.97. The average Bonchev–Trinajstić information content (AvgIpc) is 2.47. The van der Waals surface area contributed by atoms with Crippen LogP contribution in [0, 0.1) is 6.92 Å². The van der Waals surface area contributed by atoms with E-state index in [1.54, 1.807) is 16.7 Å². The van der Waals surface area contributed by atoms with Crippen LogP contribution in [0.5, 0.6) is 0 Å². The Morgan fingerprint density at radius 3 is 2.93 bits per heavy atom. The first kappa shape index (κ1) is 9.02. The summed E-state index contributed by atoms with van der Waals surface area (Å²) in [6, 6.07) is 1.75. The topological polar surface area (TPSA) is 54.6 Å². The van der Waals surface area contributed by atoms with Crippen molar-refractivity contribution in [2.24, 2.45) is 0 Å². The van der Waals surface area contributed by atoms with Gasteiger partial charge in [0.05, 0.1) is 5.02 Å².